The first kappa shape index (κ1) is 13.3. The Balaban J connectivity index is 1.97. The Morgan fingerprint density at radius 2 is 2.10 bits per heavy atom. The van der Waals surface area contributed by atoms with Gasteiger partial charge in [0.05, 0.1) is 11.6 Å². The highest BCUT2D eigenvalue weighted by molar-refractivity contribution is 7.80. The summed E-state index contributed by atoms with van der Waals surface area (Å²) in [6.07, 6.45) is 1.79. The Bertz CT molecular complexity index is 795. The predicted molar refractivity (Wildman–Crippen MR) is 78.2 cm³/mol. The van der Waals surface area contributed by atoms with Crippen molar-refractivity contribution < 1.29 is 4.74 Å². The molecule has 0 unspecified atom stereocenters. The Morgan fingerprint density at radius 3 is 2.62 bits per heavy atom. The van der Waals surface area contributed by atoms with Gasteiger partial charge in [0.1, 0.15) is 5.75 Å². The van der Waals surface area contributed by atoms with Crippen LogP contribution in [0.1, 0.15) is 24.4 Å². The average Bonchev–Trinajstić information content (AvgIpc) is 3.24. The van der Waals surface area contributed by atoms with Gasteiger partial charge in [0, 0.05) is 6.04 Å². The molecule has 8 heteroatoms. The van der Waals surface area contributed by atoms with Gasteiger partial charge in [-0.15, -0.1) is 5.10 Å². The summed E-state index contributed by atoms with van der Waals surface area (Å²) in [7, 11) is 0. The summed E-state index contributed by atoms with van der Waals surface area (Å²) in [5.74, 6) is 0.482. The largest absolute Gasteiger partial charge is 0.424 e. The summed E-state index contributed by atoms with van der Waals surface area (Å²) in [4.78, 5) is 12.2. The topological polar surface area (TPSA) is 98.9 Å². The standard InChI is InChI=1S/C13H11N5O2S/c14-7-8-1-5-10(6-2-8)20-12-16-18(11(15)21)13(19)17(12)9-3-4-9/h1-2,5-6,9H,3-4H2,(H2,15,21). The molecular weight excluding hydrogens is 290 g/mol. The number of aromatic nitrogens is 3. The lowest BCUT2D eigenvalue weighted by molar-refractivity contribution is 0.408. The van der Waals surface area contributed by atoms with Gasteiger partial charge in [-0.3, -0.25) is 0 Å². The van der Waals surface area contributed by atoms with Gasteiger partial charge in [0.15, 0.2) is 5.11 Å². The molecule has 1 aromatic heterocycles. The summed E-state index contributed by atoms with van der Waals surface area (Å²) < 4.78 is 8.04. The average molecular weight is 301 g/mol. The number of nitriles is 1. The minimum absolute atomic E-state index is 0.0778. The van der Waals surface area contributed by atoms with Crippen LogP contribution in [0.3, 0.4) is 0 Å². The summed E-state index contributed by atoms with van der Waals surface area (Å²) >= 11 is 4.80. The van der Waals surface area contributed by atoms with Crippen LogP contribution in [0.15, 0.2) is 29.1 Å². The summed E-state index contributed by atoms with van der Waals surface area (Å²) in [6, 6.07) is 8.78. The normalized spacial score (nSPS) is 13.7. The molecule has 1 saturated carbocycles. The van der Waals surface area contributed by atoms with Gasteiger partial charge in [-0.2, -0.15) is 9.94 Å². The fraction of sp³-hybridized carbons (Fsp3) is 0.231. The smallest absolute Gasteiger partial charge is 0.355 e. The zero-order valence-electron chi connectivity index (χ0n) is 10.9. The van der Waals surface area contributed by atoms with Crippen LogP contribution in [-0.2, 0) is 0 Å². The summed E-state index contributed by atoms with van der Waals surface area (Å²) in [5.41, 5.74) is 5.60. The molecular formula is C13H11N5O2S. The highest BCUT2D eigenvalue weighted by Gasteiger charge is 2.31. The van der Waals surface area contributed by atoms with Crippen LogP contribution in [0.2, 0.25) is 0 Å². The Kier molecular flexibility index (Phi) is 3.19. The number of rotatable bonds is 3. The molecule has 7 nitrogen and oxygen atoms in total. The number of benzene rings is 1. The lowest BCUT2D eigenvalue weighted by Gasteiger charge is -2.05. The summed E-state index contributed by atoms with van der Waals surface area (Å²) in [5, 5.41) is 12.7. The van der Waals surface area contributed by atoms with Gasteiger partial charge in [0.2, 0.25) is 0 Å². The third-order valence-corrected chi connectivity index (χ3v) is 3.27. The number of hydrogen-bond acceptors (Lipinski definition) is 5. The number of hydrogen-bond donors (Lipinski definition) is 1. The molecule has 0 aliphatic heterocycles. The molecule has 21 heavy (non-hydrogen) atoms. The van der Waals surface area contributed by atoms with Gasteiger partial charge in [-0.25, -0.2) is 9.36 Å². The number of nitrogens with zero attached hydrogens (tertiary/aromatic N) is 4. The maximum Gasteiger partial charge on any atom is 0.355 e. The zero-order valence-corrected chi connectivity index (χ0v) is 11.7. The fourth-order valence-corrected chi connectivity index (χ4v) is 2.04. The van der Waals surface area contributed by atoms with E-state index in [9.17, 15) is 4.79 Å². The SMILES string of the molecule is N#Cc1ccc(Oc2nn(C(N)=S)c(=O)n2C2CC2)cc1. The van der Waals surface area contributed by atoms with Gasteiger partial charge in [0.25, 0.3) is 0 Å². The third-order valence-electron chi connectivity index (χ3n) is 3.09. The van der Waals surface area contributed by atoms with Crippen LogP contribution in [0.4, 0.5) is 0 Å². The first-order chi connectivity index (χ1) is 10.1. The van der Waals surface area contributed by atoms with Gasteiger partial charge in [-0.05, 0) is 49.3 Å². The highest BCUT2D eigenvalue weighted by Crippen LogP contribution is 2.36. The molecule has 2 aromatic rings. The third kappa shape index (κ3) is 2.51. The van der Waals surface area contributed by atoms with E-state index in [1.54, 1.807) is 24.3 Å². The molecule has 0 amide bonds. The van der Waals surface area contributed by atoms with Gasteiger partial charge >= 0.3 is 11.7 Å². The molecule has 1 fully saturated rings. The van der Waals surface area contributed by atoms with Gasteiger partial charge < -0.3 is 10.5 Å². The Morgan fingerprint density at radius 1 is 1.43 bits per heavy atom. The van der Waals surface area contributed by atoms with E-state index in [2.05, 4.69) is 5.10 Å². The van der Waals surface area contributed by atoms with Gasteiger partial charge in [-0.1, -0.05) is 0 Å². The second-order valence-electron chi connectivity index (χ2n) is 4.65. The van der Waals surface area contributed by atoms with Crippen molar-refractivity contribution in [3.05, 3.63) is 40.3 Å². The minimum atomic E-state index is -0.395. The van der Waals surface area contributed by atoms with E-state index in [-0.39, 0.29) is 17.2 Å². The van der Waals surface area contributed by atoms with Crippen LogP contribution in [-0.4, -0.2) is 19.5 Å². The van der Waals surface area contributed by atoms with Crippen LogP contribution >= 0.6 is 12.2 Å². The van der Waals surface area contributed by atoms with Crippen LogP contribution in [0.25, 0.3) is 0 Å². The Labute approximate surface area is 125 Å². The second-order valence-corrected chi connectivity index (χ2v) is 5.07. The van der Waals surface area contributed by atoms with Crippen molar-refractivity contribution in [3.63, 3.8) is 0 Å². The summed E-state index contributed by atoms with van der Waals surface area (Å²) in [6.45, 7) is 0. The van der Waals surface area contributed by atoms with Crippen molar-refractivity contribution >= 4 is 17.3 Å². The molecule has 0 bridgehead atoms. The van der Waals surface area contributed by atoms with E-state index in [1.807, 2.05) is 6.07 Å². The molecule has 0 atom stereocenters. The number of ether oxygens (including phenoxy) is 1. The van der Waals surface area contributed by atoms with E-state index in [1.165, 1.54) is 4.57 Å². The fourth-order valence-electron chi connectivity index (χ4n) is 1.92. The Hall–Kier alpha value is -2.66. The molecule has 106 valence electrons. The minimum Gasteiger partial charge on any atom is -0.424 e. The van der Waals surface area contributed by atoms with Crippen molar-refractivity contribution in [1.82, 2.24) is 14.3 Å². The van der Waals surface area contributed by atoms with Crippen LogP contribution in [0, 0.1) is 11.3 Å². The molecule has 1 aromatic carbocycles. The number of nitrogens with two attached hydrogens (primary N) is 1. The van der Waals surface area contributed by atoms with Crippen LogP contribution in [0.5, 0.6) is 11.8 Å². The predicted octanol–water partition coefficient (Wildman–Crippen LogP) is 1.14. The quantitative estimate of drug-likeness (QED) is 0.853. The first-order valence-corrected chi connectivity index (χ1v) is 6.70. The maximum atomic E-state index is 12.2. The zero-order chi connectivity index (χ0) is 15.0. The molecule has 2 N–H and O–H groups in total. The molecule has 0 spiro atoms. The maximum absolute atomic E-state index is 12.2. The molecule has 0 saturated heterocycles. The molecule has 1 aliphatic carbocycles. The van der Waals surface area contributed by atoms with E-state index < -0.39 is 5.69 Å². The van der Waals surface area contributed by atoms with Crippen LogP contribution < -0.4 is 16.2 Å². The highest BCUT2D eigenvalue weighted by atomic mass is 32.1. The molecule has 1 aliphatic rings. The van der Waals surface area contributed by atoms with E-state index >= 15 is 0 Å². The van der Waals surface area contributed by atoms with Crippen molar-refractivity contribution in [2.24, 2.45) is 5.73 Å². The molecule has 1 heterocycles. The van der Waals surface area contributed by atoms with Crippen molar-refractivity contribution in [3.8, 4) is 17.8 Å². The van der Waals surface area contributed by atoms with E-state index in [0.717, 1.165) is 17.5 Å². The molecule has 0 radical (unpaired) electrons. The van der Waals surface area contributed by atoms with E-state index in [4.69, 9.17) is 28.0 Å². The van der Waals surface area contributed by atoms with Crippen molar-refractivity contribution in [2.75, 3.05) is 0 Å². The lowest BCUT2D eigenvalue weighted by atomic mass is 10.2. The van der Waals surface area contributed by atoms with Crippen molar-refractivity contribution in [2.45, 2.75) is 18.9 Å². The molecule has 3 rings (SSSR count). The first-order valence-electron chi connectivity index (χ1n) is 6.29. The monoisotopic (exact) mass is 301 g/mol. The second kappa shape index (κ2) is 5.03. The van der Waals surface area contributed by atoms with Crippen molar-refractivity contribution in [1.29, 1.82) is 5.26 Å². The number of thiocarbonyl (C=S) groups is 1. The van der Waals surface area contributed by atoms with E-state index in [0.29, 0.717) is 11.3 Å². The lowest BCUT2D eigenvalue weighted by Crippen LogP contribution is -2.33.